The lowest BCUT2D eigenvalue weighted by Crippen LogP contribution is -2.41. The van der Waals surface area contributed by atoms with Gasteiger partial charge in [-0.1, -0.05) is 24.6 Å². The smallest absolute Gasteiger partial charge is 0.252 e. The van der Waals surface area contributed by atoms with Gasteiger partial charge in [-0.05, 0) is 55.3 Å². The number of rotatable bonds is 6. The predicted octanol–water partition coefficient (Wildman–Crippen LogP) is 4.80. The molecule has 2 aromatic rings. The molecular weight excluding hydrogens is 436 g/mol. The molecule has 1 amide bonds. The molecular formula is C19H23ClN2O3S3. The number of hydrogen-bond donors (Lipinski definition) is 1. The van der Waals surface area contributed by atoms with Gasteiger partial charge in [0.1, 0.15) is 4.21 Å². The third-order valence-corrected chi connectivity index (χ3v) is 9.42. The molecule has 1 aliphatic heterocycles. The molecule has 1 aromatic heterocycles. The molecule has 0 unspecified atom stereocenters. The average molecular weight is 459 g/mol. The summed E-state index contributed by atoms with van der Waals surface area (Å²) in [6, 6.07) is 10.9. The molecule has 1 aliphatic rings. The van der Waals surface area contributed by atoms with Crippen LogP contribution in [0, 0.1) is 11.8 Å². The molecule has 1 fully saturated rings. The van der Waals surface area contributed by atoms with Crippen LogP contribution in [0.25, 0.3) is 0 Å². The first-order chi connectivity index (χ1) is 13.3. The third-order valence-electron chi connectivity index (χ3n) is 5.10. The van der Waals surface area contributed by atoms with E-state index in [0.717, 1.165) is 21.9 Å². The van der Waals surface area contributed by atoms with Crippen LogP contribution >= 0.6 is 34.7 Å². The first kappa shape index (κ1) is 21.6. The van der Waals surface area contributed by atoms with Gasteiger partial charge < -0.3 is 5.32 Å². The molecule has 0 bridgehead atoms. The van der Waals surface area contributed by atoms with E-state index in [9.17, 15) is 13.2 Å². The summed E-state index contributed by atoms with van der Waals surface area (Å²) in [7, 11) is -3.50. The zero-order chi connectivity index (χ0) is 20.3. The number of anilines is 1. The van der Waals surface area contributed by atoms with Crippen LogP contribution in [0.2, 0.25) is 4.34 Å². The Hall–Kier alpha value is -1.06. The maximum atomic E-state index is 12.7. The molecule has 1 N–H and O–H groups in total. The summed E-state index contributed by atoms with van der Waals surface area (Å²) in [5.74, 6) is -0.0503. The van der Waals surface area contributed by atoms with Crippen molar-refractivity contribution in [2.75, 3.05) is 24.7 Å². The van der Waals surface area contributed by atoms with E-state index in [2.05, 4.69) is 5.32 Å². The van der Waals surface area contributed by atoms with Crippen molar-refractivity contribution >= 4 is 56.3 Å². The summed E-state index contributed by atoms with van der Waals surface area (Å²) in [6.07, 6.45) is 3.32. The number of carbonyl (C=O) groups excluding carboxylic acids is 1. The van der Waals surface area contributed by atoms with Crippen molar-refractivity contribution in [2.45, 2.75) is 28.9 Å². The van der Waals surface area contributed by atoms with Gasteiger partial charge >= 0.3 is 0 Å². The number of sulfonamides is 1. The van der Waals surface area contributed by atoms with Crippen LogP contribution in [-0.2, 0) is 14.8 Å². The van der Waals surface area contributed by atoms with Gasteiger partial charge in [-0.3, -0.25) is 4.79 Å². The first-order valence-electron chi connectivity index (χ1n) is 9.01. The Bertz CT molecular complexity index is 937. The molecule has 1 atom stereocenters. The maximum Gasteiger partial charge on any atom is 0.252 e. The fraction of sp³-hybridized carbons (Fsp3) is 0.421. The normalized spacial score (nSPS) is 17.4. The highest BCUT2D eigenvalue weighted by atomic mass is 35.5. The molecule has 1 saturated heterocycles. The molecule has 1 aromatic carbocycles. The Morgan fingerprint density at radius 3 is 2.61 bits per heavy atom. The minimum Gasteiger partial charge on any atom is -0.326 e. The van der Waals surface area contributed by atoms with Crippen molar-refractivity contribution in [2.24, 2.45) is 11.8 Å². The highest BCUT2D eigenvalue weighted by Gasteiger charge is 2.34. The lowest BCUT2D eigenvalue weighted by Gasteiger charge is -2.33. The van der Waals surface area contributed by atoms with Gasteiger partial charge in [0.05, 0.1) is 4.34 Å². The van der Waals surface area contributed by atoms with E-state index in [1.165, 1.54) is 4.31 Å². The number of piperidine rings is 1. The SMILES string of the molecule is CSc1cccc(NC(=O)[C@H](C)C2CCN(S(=O)(=O)c3ccc(Cl)s3)CC2)c1. The number of halogens is 1. The minimum atomic E-state index is -3.50. The van der Waals surface area contributed by atoms with Crippen LogP contribution < -0.4 is 5.32 Å². The molecule has 5 nitrogen and oxygen atoms in total. The van der Waals surface area contributed by atoms with E-state index >= 15 is 0 Å². The number of amides is 1. The van der Waals surface area contributed by atoms with Gasteiger partial charge in [0.25, 0.3) is 10.0 Å². The molecule has 0 spiro atoms. The highest BCUT2D eigenvalue weighted by Crippen LogP contribution is 2.32. The standard InChI is InChI=1S/C19H23ClN2O3S3/c1-13(19(23)21-15-4-3-5-16(12-15)26-2)14-8-10-22(11-9-14)28(24,25)18-7-6-17(20)27-18/h3-7,12-14H,8-11H2,1-2H3,(H,21,23)/t13-/m1/s1. The van der Waals surface area contributed by atoms with Crippen molar-refractivity contribution in [1.82, 2.24) is 4.31 Å². The van der Waals surface area contributed by atoms with Crippen molar-refractivity contribution in [3.05, 3.63) is 40.7 Å². The second-order valence-corrected chi connectivity index (χ2v) is 11.6. The van der Waals surface area contributed by atoms with E-state index < -0.39 is 10.0 Å². The highest BCUT2D eigenvalue weighted by molar-refractivity contribution is 7.98. The zero-order valence-corrected chi connectivity index (χ0v) is 18.9. The van der Waals surface area contributed by atoms with Gasteiger partial charge in [-0.25, -0.2) is 8.42 Å². The van der Waals surface area contributed by atoms with Gasteiger partial charge in [0, 0.05) is 29.6 Å². The summed E-state index contributed by atoms with van der Waals surface area (Å²) in [4.78, 5) is 13.7. The number of nitrogens with one attached hydrogen (secondary N) is 1. The van der Waals surface area contributed by atoms with Crippen LogP contribution in [0.1, 0.15) is 19.8 Å². The quantitative estimate of drug-likeness (QED) is 0.631. The topological polar surface area (TPSA) is 66.5 Å². The summed E-state index contributed by atoms with van der Waals surface area (Å²) in [6.45, 7) is 2.76. The summed E-state index contributed by atoms with van der Waals surface area (Å²) >= 11 is 8.58. The zero-order valence-electron chi connectivity index (χ0n) is 15.7. The maximum absolute atomic E-state index is 12.7. The Morgan fingerprint density at radius 1 is 1.29 bits per heavy atom. The van der Waals surface area contributed by atoms with E-state index in [-0.39, 0.29) is 22.0 Å². The van der Waals surface area contributed by atoms with Crippen molar-refractivity contribution in [3.63, 3.8) is 0 Å². The molecule has 2 heterocycles. The monoisotopic (exact) mass is 458 g/mol. The van der Waals surface area contributed by atoms with Crippen molar-refractivity contribution in [1.29, 1.82) is 0 Å². The molecule has 9 heteroatoms. The van der Waals surface area contributed by atoms with Crippen LogP contribution in [0.15, 0.2) is 45.5 Å². The van der Waals surface area contributed by atoms with Gasteiger partial charge in [0.15, 0.2) is 0 Å². The Kier molecular flexibility index (Phi) is 7.09. The van der Waals surface area contributed by atoms with Crippen LogP contribution in [0.4, 0.5) is 5.69 Å². The number of benzene rings is 1. The lowest BCUT2D eigenvalue weighted by atomic mass is 9.85. The van der Waals surface area contributed by atoms with Gasteiger partial charge in [0.2, 0.25) is 5.91 Å². The number of nitrogens with zero attached hydrogens (tertiary/aromatic N) is 1. The van der Waals surface area contributed by atoms with E-state index in [4.69, 9.17) is 11.6 Å². The fourth-order valence-electron chi connectivity index (χ4n) is 3.35. The van der Waals surface area contributed by atoms with Crippen LogP contribution in [-0.4, -0.2) is 38.0 Å². The van der Waals surface area contributed by atoms with Gasteiger partial charge in [-0.15, -0.1) is 23.1 Å². The van der Waals surface area contributed by atoms with E-state index in [1.54, 1.807) is 23.9 Å². The van der Waals surface area contributed by atoms with Gasteiger partial charge in [-0.2, -0.15) is 4.31 Å². The number of hydrogen-bond acceptors (Lipinski definition) is 5. The second kappa shape index (κ2) is 9.17. The number of thiophene rings is 1. The van der Waals surface area contributed by atoms with Crippen molar-refractivity contribution in [3.8, 4) is 0 Å². The first-order valence-corrected chi connectivity index (χ1v) is 12.9. The Balaban J connectivity index is 1.58. The van der Waals surface area contributed by atoms with Crippen molar-refractivity contribution < 1.29 is 13.2 Å². The van der Waals surface area contributed by atoms with Crippen LogP contribution in [0.5, 0.6) is 0 Å². The Labute approximate surface area is 179 Å². The molecule has 0 aliphatic carbocycles. The second-order valence-electron chi connectivity index (χ2n) is 6.81. The number of carbonyl (C=O) groups is 1. The molecule has 152 valence electrons. The fourth-order valence-corrected chi connectivity index (χ4v) is 6.92. The molecule has 28 heavy (non-hydrogen) atoms. The van der Waals surface area contributed by atoms with E-state index in [0.29, 0.717) is 30.3 Å². The molecule has 0 saturated carbocycles. The molecule has 3 rings (SSSR count). The summed E-state index contributed by atoms with van der Waals surface area (Å²) < 4.78 is 27.7. The predicted molar refractivity (Wildman–Crippen MR) is 117 cm³/mol. The number of thioether (sulfide) groups is 1. The lowest BCUT2D eigenvalue weighted by molar-refractivity contribution is -0.121. The average Bonchev–Trinajstić information content (AvgIpc) is 3.15. The third kappa shape index (κ3) is 4.91. The molecule has 0 radical (unpaired) electrons. The summed E-state index contributed by atoms with van der Waals surface area (Å²) in [5, 5.41) is 2.99. The van der Waals surface area contributed by atoms with Crippen LogP contribution in [0.3, 0.4) is 0 Å². The minimum absolute atomic E-state index is 0.0235. The Morgan fingerprint density at radius 2 is 2.00 bits per heavy atom. The summed E-state index contributed by atoms with van der Waals surface area (Å²) in [5.41, 5.74) is 0.790. The largest absolute Gasteiger partial charge is 0.326 e. The van der Waals surface area contributed by atoms with E-state index in [1.807, 2.05) is 37.4 Å².